The number of likely N-dealkylation sites (N-methyl/N-ethyl adjacent to an activating group) is 1. The molecule has 1 aromatic carbocycles. The number of carboxylic acid groups (broad SMARTS) is 1. The third kappa shape index (κ3) is 3.12. The number of carboxylic acids is 1. The molecular formula is C16H24N2O2. The zero-order valence-electron chi connectivity index (χ0n) is 12.6. The Bertz CT molecular complexity index is 487. The molecule has 4 nitrogen and oxygen atoms in total. The van der Waals surface area contributed by atoms with Gasteiger partial charge in [0.05, 0.1) is 0 Å². The van der Waals surface area contributed by atoms with Crippen LogP contribution >= 0.6 is 0 Å². The standard InChI is InChI=1S/C16H24N2O2/c1-4-14(16(19)20)18(3)11-12-7-8-15-13(10-12)6-5-9-17(15)2/h7-8,10,14H,4-6,9,11H2,1-3H3,(H,19,20). The van der Waals surface area contributed by atoms with Crippen molar-refractivity contribution in [1.82, 2.24) is 4.90 Å². The maximum atomic E-state index is 11.2. The quantitative estimate of drug-likeness (QED) is 0.896. The van der Waals surface area contributed by atoms with E-state index in [-0.39, 0.29) is 0 Å². The number of fused-ring (bicyclic) bond motifs is 1. The van der Waals surface area contributed by atoms with Crippen LogP contribution in [0.2, 0.25) is 0 Å². The van der Waals surface area contributed by atoms with Gasteiger partial charge in [-0.1, -0.05) is 19.1 Å². The van der Waals surface area contributed by atoms with Crippen molar-refractivity contribution in [3.63, 3.8) is 0 Å². The molecule has 20 heavy (non-hydrogen) atoms. The van der Waals surface area contributed by atoms with E-state index in [1.54, 1.807) is 0 Å². The summed E-state index contributed by atoms with van der Waals surface area (Å²) in [6.07, 6.45) is 2.93. The second-order valence-electron chi connectivity index (χ2n) is 5.67. The number of rotatable bonds is 5. The summed E-state index contributed by atoms with van der Waals surface area (Å²) in [5.41, 5.74) is 3.89. The molecular weight excluding hydrogens is 252 g/mol. The third-order valence-corrected chi connectivity index (χ3v) is 4.13. The van der Waals surface area contributed by atoms with Crippen LogP contribution in [-0.4, -0.2) is 42.7 Å². The number of nitrogens with zero attached hydrogens (tertiary/aromatic N) is 2. The predicted molar refractivity (Wildman–Crippen MR) is 81.2 cm³/mol. The van der Waals surface area contributed by atoms with E-state index in [9.17, 15) is 9.90 Å². The first-order chi connectivity index (χ1) is 9.52. The fraction of sp³-hybridized carbons (Fsp3) is 0.562. The van der Waals surface area contributed by atoms with Crippen LogP contribution in [-0.2, 0) is 17.8 Å². The first-order valence-corrected chi connectivity index (χ1v) is 7.29. The van der Waals surface area contributed by atoms with Crippen LogP contribution in [0.5, 0.6) is 0 Å². The van der Waals surface area contributed by atoms with Gasteiger partial charge in [0.2, 0.25) is 0 Å². The van der Waals surface area contributed by atoms with Crippen LogP contribution < -0.4 is 4.90 Å². The lowest BCUT2D eigenvalue weighted by Crippen LogP contribution is -2.37. The lowest BCUT2D eigenvalue weighted by atomic mass is 9.99. The van der Waals surface area contributed by atoms with Crippen LogP contribution in [0.25, 0.3) is 0 Å². The van der Waals surface area contributed by atoms with Crippen LogP contribution in [0.1, 0.15) is 30.9 Å². The summed E-state index contributed by atoms with van der Waals surface area (Å²) >= 11 is 0. The van der Waals surface area contributed by atoms with Crippen molar-refractivity contribution in [1.29, 1.82) is 0 Å². The summed E-state index contributed by atoms with van der Waals surface area (Å²) in [5.74, 6) is -0.743. The molecule has 0 aromatic heterocycles. The van der Waals surface area contributed by atoms with E-state index < -0.39 is 12.0 Å². The summed E-state index contributed by atoms with van der Waals surface area (Å²) in [6.45, 7) is 3.71. The number of hydrogen-bond donors (Lipinski definition) is 1. The van der Waals surface area contributed by atoms with Gasteiger partial charge in [-0.3, -0.25) is 9.69 Å². The van der Waals surface area contributed by atoms with Crippen LogP contribution in [0.3, 0.4) is 0 Å². The Morgan fingerprint density at radius 2 is 2.25 bits per heavy atom. The van der Waals surface area contributed by atoms with Gasteiger partial charge in [0, 0.05) is 25.8 Å². The van der Waals surface area contributed by atoms with Gasteiger partial charge >= 0.3 is 5.97 Å². The number of benzene rings is 1. The molecule has 1 atom stereocenters. The largest absolute Gasteiger partial charge is 0.480 e. The predicted octanol–water partition coefficient (Wildman–Crippen LogP) is 2.36. The minimum atomic E-state index is -0.743. The molecule has 0 saturated carbocycles. The molecule has 1 unspecified atom stereocenters. The molecule has 1 N–H and O–H groups in total. The minimum Gasteiger partial charge on any atom is -0.480 e. The Labute approximate surface area is 121 Å². The van der Waals surface area contributed by atoms with Crippen molar-refractivity contribution in [2.24, 2.45) is 0 Å². The topological polar surface area (TPSA) is 43.8 Å². The molecule has 1 aliphatic heterocycles. The first-order valence-electron chi connectivity index (χ1n) is 7.29. The molecule has 0 amide bonds. The number of aryl methyl sites for hydroxylation is 1. The molecule has 1 heterocycles. The zero-order chi connectivity index (χ0) is 14.7. The maximum Gasteiger partial charge on any atom is 0.320 e. The van der Waals surface area contributed by atoms with Gasteiger partial charge in [0.1, 0.15) is 6.04 Å². The molecule has 4 heteroatoms. The fourth-order valence-corrected chi connectivity index (χ4v) is 3.01. The highest BCUT2D eigenvalue weighted by Crippen LogP contribution is 2.27. The maximum absolute atomic E-state index is 11.2. The number of aliphatic carboxylic acids is 1. The van der Waals surface area contributed by atoms with Crippen molar-refractivity contribution in [2.75, 3.05) is 25.5 Å². The van der Waals surface area contributed by atoms with E-state index in [2.05, 4.69) is 30.1 Å². The van der Waals surface area contributed by atoms with Crippen LogP contribution in [0.4, 0.5) is 5.69 Å². The molecule has 0 fully saturated rings. The SMILES string of the molecule is CCC(C(=O)O)N(C)Cc1ccc2c(c1)CCCN2C. The van der Waals surface area contributed by atoms with E-state index in [0.29, 0.717) is 13.0 Å². The Balaban J connectivity index is 2.12. The zero-order valence-corrected chi connectivity index (χ0v) is 12.6. The summed E-state index contributed by atoms with van der Waals surface area (Å²) in [7, 11) is 4.01. The molecule has 110 valence electrons. The second-order valence-corrected chi connectivity index (χ2v) is 5.67. The lowest BCUT2D eigenvalue weighted by molar-refractivity contribution is -0.143. The average Bonchev–Trinajstić information content (AvgIpc) is 2.39. The summed E-state index contributed by atoms with van der Waals surface area (Å²) < 4.78 is 0. The molecule has 0 bridgehead atoms. The van der Waals surface area contributed by atoms with Crippen molar-refractivity contribution >= 4 is 11.7 Å². The highest BCUT2D eigenvalue weighted by molar-refractivity contribution is 5.73. The van der Waals surface area contributed by atoms with E-state index in [1.807, 2.05) is 18.9 Å². The highest BCUT2D eigenvalue weighted by Gasteiger charge is 2.21. The van der Waals surface area contributed by atoms with Crippen molar-refractivity contribution in [3.8, 4) is 0 Å². The number of carbonyl (C=O) groups is 1. The summed E-state index contributed by atoms with van der Waals surface area (Å²) in [6, 6.07) is 6.11. The second kappa shape index (κ2) is 6.27. The smallest absolute Gasteiger partial charge is 0.320 e. The monoisotopic (exact) mass is 276 g/mol. The molecule has 0 spiro atoms. The van der Waals surface area contributed by atoms with Gasteiger partial charge in [-0.2, -0.15) is 0 Å². The molecule has 0 radical (unpaired) electrons. The van der Waals surface area contributed by atoms with Crippen molar-refractivity contribution in [2.45, 2.75) is 38.8 Å². The molecule has 0 saturated heterocycles. The summed E-state index contributed by atoms with van der Waals surface area (Å²) in [4.78, 5) is 15.4. The first kappa shape index (κ1) is 14.9. The van der Waals surface area contributed by atoms with E-state index in [4.69, 9.17) is 0 Å². The van der Waals surface area contributed by atoms with Gasteiger partial charge in [0.25, 0.3) is 0 Å². The summed E-state index contributed by atoms with van der Waals surface area (Å²) in [5, 5.41) is 9.20. The van der Waals surface area contributed by atoms with Crippen molar-refractivity contribution in [3.05, 3.63) is 29.3 Å². The van der Waals surface area contributed by atoms with Gasteiger partial charge in [-0.25, -0.2) is 0 Å². The molecule has 0 aliphatic carbocycles. The van der Waals surface area contributed by atoms with Crippen LogP contribution in [0, 0.1) is 0 Å². The Morgan fingerprint density at radius 1 is 1.50 bits per heavy atom. The molecule has 1 aromatic rings. The minimum absolute atomic E-state index is 0.409. The van der Waals surface area contributed by atoms with Gasteiger partial charge in [-0.15, -0.1) is 0 Å². The highest BCUT2D eigenvalue weighted by atomic mass is 16.4. The number of hydrogen-bond acceptors (Lipinski definition) is 3. The van der Waals surface area contributed by atoms with Crippen molar-refractivity contribution < 1.29 is 9.90 Å². The van der Waals surface area contributed by atoms with E-state index in [0.717, 1.165) is 13.0 Å². The fourth-order valence-electron chi connectivity index (χ4n) is 3.01. The normalized spacial score (nSPS) is 16.1. The average molecular weight is 276 g/mol. The molecule has 2 rings (SSSR count). The Kier molecular flexibility index (Phi) is 4.65. The van der Waals surface area contributed by atoms with Gasteiger partial charge in [-0.05, 0) is 43.5 Å². The third-order valence-electron chi connectivity index (χ3n) is 4.13. The lowest BCUT2D eigenvalue weighted by Gasteiger charge is -2.29. The van der Waals surface area contributed by atoms with E-state index in [1.165, 1.54) is 23.2 Å². The molecule has 1 aliphatic rings. The van der Waals surface area contributed by atoms with Gasteiger partial charge < -0.3 is 10.0 Å². The number of anilines is 1. The van der Waals surface area contributed by atoms with Crippen LogP contribution in [0.15, 0.2) is 18.2 Å². The van der Waals surface area contributed by atoms with E-state index >= 15 is 0 Å². The Morgan fingerprint density at radius 3 is 2.90 bits per heavy atom. The van der Waals surface area contributed by atoms with Gasteiger partial charge in [0.15, 0.2) is 0 Å². The Hall–Kier alpha value is -1.55.